The number of carbonyl (C=O) groups is 2. The Morgan fingerprint density at radius 1 is 0.932 bits per heavy atom. The van der Waals surface area contributed by atoms with Crippen molar-refractivity contribution in [2.45, 2.75) is 70.4 Å². The van der Waals surface area contributed by atoms with Crippen LogP contribution in [0.15, 0.2) is 72.8 Å². The van der Waals surface area contributed by atoms with Gasteiger partial charge in [-0.2, -0.15) is 0 Å². The van der Waals surface area contributed by atoms with Crippen LogP contribution >= 0.6 is 0 Å². The number of aliphatic carboxylic acids is 1. The van der Waals surface area contributed by atoms with E-state index in [0.29, 0.717) is 26.1 Å². The summed E-state index contributed by atoms with van der Waals surface area (Å²) < 4.78 is 13.2. The van der Waals surface area contributed by atoms with E-state index in [1.807, 2.05) is 72.8 Å². The Hall–Kier alpha value is -3.60. The largest absolute Gasteiger partial charge is 0.481 e. The summed E-state index contributed by atoms with van der Waals surface area (Å²) in [6, 6.07) is 24.0. The highest BCUT2D eigenvalue weighted by Gasteiger charge is 2.39. The van der Waals surface area contributed by atoms with Crippen molar-refractivity contribution >= 4 is 11.9 Å². The summed E-state index contributed by atoms with van der Waals surface area (Å²) in [5, 5.41) is 31.2. The van der Waals surface area contributed by atoms with Crippen molar-refractivity contribution in [3.63, 3.8) is 0 Å². The molecule has 0 radical (unpaired) electrons. The molecule has 1 amide bonds. The number of rotatable bonds is 12. The molecule has 0 unspecified atom stereocenters. The molecule has 3 aromatic rings. The van der Waals surface area contributed by atoms with Crippen molar-refractivity contribution in [1.82, 2.24) is 10.2 Å². The number of β-amino-alcohol motifs (C(OH)–C–C–N with tert-alkyl or cyclic N) is 1. The molecule has 2 heterocycles. The lowest BCUT2D eigenvalue weighted by molar-refractivity contribution is -0.276. The number of aliphatic hydroxyl groups excluding tert-OH is 2. The van der Waals surface area contributed by atoms with Crippen molar-refractivity contribution in [3.05, 3.63) is 95.1 Å². The van der Waals surface area contributed by atoms with Gasteiger partial charge in [-0.1, -0.05) is 73.7 Å². The zero-order valence-corrected chi connectivity index (χ0v) is 25.1. The van der Waals surface area contributed by atoms with E-state index in [4.69, 9.17) is 14.6 Å². The van der Waals surface area contributed by atoms with Crippen LogP contribution in [0.25, 0.3) is 11.1 Å². The number of carboxylic acid groups (broad SMARTS) is 1. The van der Waals surface area contributed by atoms with Crippen LogP contribution in [0.5, 0.6) is 0 Å². The molecule has 0 spiro atoms. The second-order valence-electron chi connectivity index (χ2n) is 11.9. The third kappa shape index (κ3) is 8.31. The fourth-order valence-corrected chi connectivity index (χ4v) is 5.94. The van der Waals surface area contributed by atoms with Crippen molar-refractivity contribution in [1.29, 1.82) is 0 Å². The van der Waals surface area contributed by atoms with Crippen LogP contribution in [0, 0.1) is 5.92 Å². The molecule has 4 N–H and O–H groups in total. The van der Waals surface area contributed by atoms with Crippen LogP contribution < -0.4 is 5.32 Å². The van der Waals surface area contributed by atoms with E-state index >= 15 is 0 Å². The number of carboxylic acids is 1. The van der Waals surface area contributed by atoms with Gasteiger partial charge in [0.1, 0.15) is 0 Å². The predicted molar refractivity (Wildman–Crippen MR) is 165 cm³/mol. The molecule has 2 aliphatic heterocycles. The zero-order valence-electron chi connectivity index (χ0n) is 25.1. The molecule has 44 heavy (non-hydrogen) atoms. The van der Waals surface area contributed by atoms with E-state index in [1.54, 1.807) is 0 Å². The van der Waals surface area contributed by atoms with Gasteiger partial charge in [-0.25, -0.2) is 0 Å². The Morgan fingerprint density at radius 3 is 2.36 bits per heavy atom. The molecule has 0 saturated carbocycles. The fraction of sp³-hybridized carbons (Fsp3) is 0.429. The van der Waals surface area contributed by atoms with Gasteiger partial charge < -0.3 is 30.1 Å². The molecule has 5 atom stereocenters. The number of nitrogens with one attached hydrogen (secondary N) is 1. The molecule has 234 valence electrons. The number of hydrogen-bond donors (Lipinski definition) is 4. The highest BCUT2D eigenvalue weighted by Crippen LogP contribution is 2.42. The first-order valence-electron chi connectivity index (χ1n) is 15.4. The standard InChI is InChI=1S/C35H42N2O7/c1-23-31(21-37-17-16-30(39)20-37)43-35(44-34(23)27-10-8-24(22-38)9-11-27)28-14-12-26(13-15-28)29-5-2-4-25(18-29)19-36-32(40)6-3-7-33(41)42/h2,4-5,8-15,18,23,30-31,34-35,38-39H,3,6-7,16-17,19-22H2,1H3,(H,36,40)(H,41,42)/t23-,30-,31+,34+,35+/m0/s1. The fourth-order valence-electron chi connectivity index (χ4n) is 5.94. The molecule has 9 nitrogen and oxygen atoms in total. The smallest absolute Gasteiger partial charge is 0.303 e. The summed E-state index contributed by atoms with van der Waals surface area (Å²) >= 11 is 0. The highest BCUT2D eigenvalue weighted by molar-refractivity contribution is 5.76. The number of hydrogen-bond acceptors (Lipinski definition) is 7. The molecule has 0 aliphatic carbocycles. The molecule has 9 heteroatoms. The minimum absolute atomic E-state index is 0.00844. The molecule has 0 bridgehead atoms. The van der Waals surface area contributed by atoms with E-state index in [9.17, 15) is 19.8 Å². The van der Waals surface area contributed by atoms with Gasteiger partial charge in [-0.3, -0.25) is 14.5 Å². The van der Waals surface area contributed by atoms with Crippen LogP contribution in [-0.2, 0) is 32.2 Å². The maximum absolute atomic E-state index is 12.1. The van der Waals surface area contributed by atoms with Gasteiger partial charge in [-0.05, 0) is 46.7 Å². The Labute approximate surface area is 258 Å². The lowest BCUT2D eigenvalue weighted by Crippen LogP contribution is -2.44. The van der Waals surface area contributed by atoms with Gasteiger partial charge in [0.15, 0.2) is 6.29 Å². The van der Waals surface area contributed by atoms with Crippen LogP contribution in [0.4, 0.5) is 0 Å². The molecular weight excluding hydrogens is 560 g/mol. The SMILES string of the molecule is C[C@H]1[C@@H](CN2CC[C@H](O)C2)O[C@@H](c2ccc(-c3cccc(CNC(=O)CCCC(=O)O)c3)cc2)O[C@H]1c1ccc(CO)cc1. The van der Waals surface area contributed by atoms with Gasteiger partial charge in [0.25, 0.3) is 0 Å². The van der Waals surface area contributed by atoms with Crippen LogP contribution in [0.1, 0.15) is 67.3 Å². The third-order valence-electron chi connectivity index (χ3n) is 8.54. The maximum atomic E-state index is 12.1. The number of carbonyl (C=O) groups excluding carboxylic acids is 1. The first kappa shape index (κ1) is 31.8. The molecular formula is C35H42N2O7. The van der Waals surface area contributed by atoms with Gasteiger partial charge >= 0.3 is 5.97 Å². The quantitative estimate of drug-likeness (QED) is 0.237. The Balaban J connectivity index is 1.28. The topological polar surface area (TPSA) is 129 Å². The second kappa shape index (κ2) is 14.9. The Bertz CT molecular complexity index is 1390. The summed E-state index contributed by atoms with van der Waals surface area (Å²) in [4.78, 5) is 25.0. The van der Waals surface area contributed by atoms with Crippen LogP contribution in [0.3, 0.4) is 0 Å². The molecule has 0 aromatic heterocycles. The lowest BCUT2D eigenvalue weighted by Gasteiger charge is -2.42. The molecule has 5 rings (SSSR count). The first-order chi connectivity index (χ1) is 21.3. The Morgan fingerprint density at radius 2 is 1.68 bits per heavy atom. The molecule has 2 aliphatic rings. The van der Waals surface area contributed by atoms with Crippen molar-refractivity contribution in [2.75, 3.05) is 19.6 Å². The number of likely N-dealkylation sites (tertiary alicyclic amines) is 1. The highest BCUT2D eigenvalue weighted by atomic mass is 16.7. The number of benzene rings is 3. The number of aliphatic hydroxyl groups is 2. The van der Waals surface area contributed by atoms with E-state index in [-0.39, 0.29) is 49.6 Å². The van der Waals surface area contributed by atoms with Gasteiger partial charge in [0, 0.05) is 50.5 Å². The van der Waals surface area contributed by atoms with Crippen molar-refractivity contribution in [3.8, 4) is 11.1 Å². The minimum atomic E-state index is -0.899. The van der Waals surface area contributed by atoms with Crippen LogP contribution in [-0.4, -0.2) is 63.9 Å². The monoisotopic (exact) mass is 602 g/mol. The van der Waals surface area contributed by atoms with E-state index in [2.05, 4.69) is 17.1 Å². The van der Waals surface area contributed by atoms with Crippen molar-refractivity contribution in [2.24, 2.45) is 5.92 Å². The number of amides is 1. The summed E-state index contributed by atoms with van der Waals surface area (Å²) in [6.45, 7) is 4.71. The second-order valence-corrected chi connectivity index (χ2v) is 11.9. The maximum Gasteiger partial charge on any atom is 0.303 e. The number of nitrogens with zero attached hydrogens (tertiary/aromatic N) is 1. The molecule has 2 fully saturated rings. The van der Waals surface area contributed by atoms with Gasteiger partial charge in [-0.15, -0.1) is 0 Å². The zero-order chi connectivity index (χ0) is 31.1. The average Bonchev–Trinajstić information content (AvgIpc) is 3.45. The average molecular weight is 603 g/mol. The summed E-state index contributed by atoms with van der Waals surface area (Å²) in [5.74, 6) is -0.989. The van der Waals surface area contributed by atoms with Gasteiger partial charge in [0.05, 0.1) is 24.9 Å². The van der Waals surface area contributed by atoms with Crippen LogP contribution in [0.2, 0.25) is 0 Å². The third-order valence-corrected chi connectivity index (χ3v) is 8.54. The summed E-state index contributed by atoms with van der Waals surface area (Å²) in [7, 11) is 0. The van der Waals surface area contributed by atoms with Crippen molar-refractivity contribution < 1.29 is 34.4 Å². The summed E-state index contributed by atoms with van der Waals surface area (Å²) in [6.07, 6.45) is 0.0991. The first-order valence-corrected chi connectivity index (χ1v) is 15.4. The van der Waals surface area contributed by atoms with E-state index < -0.39 is 12.3 Å². The van der Waals surface area contributed by atoms with E-state index in [0.717, 1.165) is 46.3 Å². The summed E-state index contributed by atoms with van der Waals surface area (Å²) in [5.41, 5.74) is 5.79. The molecule has 3 aromatic carbocycles. The van der Waals surface area contributed by atoms with Gasteiger partial charge in [0.2, 0.25) is 5.91 Å². The lowest BCUT2D eigenvalue weighted by atomic mass is 9.90. The van der Waals surface area contributed by atoms with E-state index in [1.165, 1.54) is 0 Å². The normalized spacial score (nSPS) is 23.8. The predicted octanol–water partition coefficient (Wildman–Crippen LogP) is 4.58. The number of ether oxygens (including phenoxy) is 2. The molecule has 2 saturated heterocycles. The minimum Gasteiger partial charge on any atom is -0.481 e. The Kier molecular flexibility index (Phi) is 10.8.